The van der Waals surface area contributed by atoms with Crippen LogP contribution in [0.2, 0.25) is 0 Å². The number of unbranched alkanes of at least 4 members (excludes halogenated alkanes) is 34. The van der Waals surface area contributed by atoms with Crippen LogP contribution in [0.1, 0.15) is 264 Å². The van der Waals surface area contributed by atoms with Gasteiger partial charge in [0.25, 0.3) is 7.82 Å². The van der Waals surface area contributed by atoms with Gasteiger partial charge in [0, 0.05) is 12.8 Å². The molecule has 0 bridgehead atoms. The topological polar surface area (TPSA) is 111 Å². The van der Waals surface area contributed by atoms with Gasteiger partial charge in [-0.05, 0) is 38.5 Å². The molecule has 0 aliphatic rings. The van der Waals surface area contributed by atoms with E-state index in [9.17, 15) is 19.0 Å². The SMILES string of the molecule is CCCCCCCCCC/C=C\CCCCCCCCCCCCCCCCCCCC(=O)OC(COC(=O)CCCCCCCCCCCC)COP(=O)([O-])OCC[N+](C)(C)C. The van der Waals surface area contributed by atoms with Crippen LogP contribution in [-0.4, -0.2) is 70.0 Å². The fraction of sp³-hybridized carbons (Fsp3) is 0.925. The summed E-state index contributed by atoms with van der Waals surface area (Å²) < 4.78 is 34.0. The number of hydrogen-bond acceptors (Lipinski definition) is 8. The van der Waals surface area contributed by atoms with Crippen molar-refractivity contribution in [3.8, 4) is 0 Å². The third-order valence-corrected chi connectivity index (χ3v) is 13.0. The van der Waals surface area contributed by atoms with E-state index in [0.717, 1.165) is 32.1 Å². The van der Waals surface area contributed by atoms with Gasteiger partial charge in [-0.2, -0.15) is 0 Å². The molecule has 10 heteroatoms. The van der Waals surface area contributed by atoms with E-state index in [1.807, 2.05) is 21.1 Å². The van der Waals surface area contributed by atoms with Crippen molar-refractivity contribution in [2.24, 2.45) is 0 Å². The Kier molecular flexibility index (Phi) is 45.0. The average Bonchev–Trinajstić information content (AvgIpc) is 3.24. The molecule has 0 N–H and O–H groups in total. The first-order valence-electron chi connectivity index (χ1n) is 26.9. The van der Waals surface area contributed by atoms with E-state index in [-0.39, 0.29) is 32.0 Å². The normalized spacial score (nSPS) is 13.4. The number of phosphoric acid groups is 1. The zero-order chi connectivity index (χ0) is 46.4. The van der Waals surface area contributed by atoms with E-state index in [1.54, 1.807) is 0 Å². The second kappa shape index (κ2) is 45.9. The molecule has 0 rings (SSSR count). The molecule has 0 saturated heterocycles. The lowest BCUT2D eigenvalue weighted by atomic mass is 10.0. The van der Waals surface area contributed by atoms with Gasteiger partial charge >= 0.3 is 11.9 Å². The molecule has 0 aliphatic heterocycles. The van der Waals surface area contributed by atoms with Gasteiger partial charge in [-0.25, -0.2) is 0 Å². The average molecular weight is 914 g/mol. The highest BCUT2D eigenvalue weighted by atomic mass is 31.2. The number of quaternary nitrogens is 1. The summed E-state index contributed by atoms with van der Waals surface area (Å²) in [5, 5.41) is 0. The van der Waals surface area contributed by atoms with Crippen LogP contribution in [0.15, 0.2) is 12.2 Å². The molecule has 0 aromatic rings. The zero-order valence-electron chi connectivity index (χ0n) is 42.3. The Hall–Kier alpha value is -1.25. The van der Waals surface area contributed by atoms with E-state index >= 15 is 0 Å². The van der Waals surface area contributed by atoms with Crippen LogP contribution in [-0.2, 0) is 32.7 Å². The summed E-state index contributed by atoms with van der Waals surface area (Å²) in [6.07, 6.45) is 51.3. The number of nitrogens with zero attached hydrogens (tertiary/aromatic N) is 1. The number of allylic oxidation sites excluding steroid dienone is 2. The van der Waals surface area contributed by atoms with Crippen molar-refractivity contribution >= 4 is 19.8 Å². The third kappa shape index (κ3) is 50.0. The maximum Gasteiger partial charge on any atom is 0.306 e. The summed E-state index contributed by atoms with van der Waals surface area (Å²) in [6.45, 7) is 4.25. The second-order valence-electron chi connectivity index (χ2n) is 19.6. The molecule has 2 unspecified atom stereocenters. The van der Waals surface area contributed by atoms with Crippen LogP contribution in [0.4, 0.5) is 0 Å². The van der Waals surface area contributed by atoms with Crippen molar-refractivity contribution in [1.29, 1.82) is 0 Å². The third-order valence-electron chi connectivity index (χ3n) is 12.0. The number of rotatable bonds is 50. The number of carbonyl (C=O) groups is 2. The van der Waals surface area contributed by atoms with Gasteiger partial charge in [0.15, 0.2) is 6.10 Å². The Bertz CT molecular complexity index is 1080. The van der Waals surface area contributed by atoms with Gasteiger partial charge in [-0.15, -0.1) is 0 Å². The summed E-state index contributed by atoms with van der Waals surface area (Å²) in [5.74, 6) is -0.821. The first-order valence-corrected chi connectivity index (χ1v) is 28.4. The number of esters is 2. The highest BCUT2D eigenvalue weighted by Gasteiger charge is 2.21. The molecular weight excluding hydrogens is 810 g/mol. The van der Waals surface area contributed by atoms with Crippen LogP contribution < -0.4 is 4.89 Å². The highest BCUT2D eigenvalue weighted by Crippen LogP contribution is 2.38. The molecule has 0 fully saturated rings. The fourth-order valence-electron chi connectivity index (χ4n) is 7.83. The van der Waals surface area contributed by atoms with Crippen molar-refractivity contribution in [3.05, 3.63) is 12.2 Å². The summed E-state index contributed by atoms with van der Waals surface area (Å²) >= 11 is 0. The minimum absolute atomic E-state index is 0.0268. The smallest absolute Gasteiger partial charge is 0.306 e. The number of carbonyl (C=O) groups excluding carboxylic acids is 2. The predicted octanol–water partition coefficient (Wildman–Crippen LogP) is 15.5. The molecule has 0 amide bonds. The van der Waals surface area contributed by atoms with Gasteiger partial charge in [0.2, 0.25) is 0 Å². The quantitative estimate of drug-likeness (QED) is 0.0195. The Balaban J connectivity index is 4.00. The van der Waals surface area contributed by atoms with E-state index in [0.29, 0.717) is 17.4 Å². The molecule has 0 spiro atoms. The number of phosphoric ester groups is 1. The maximum atomic E-state index is 12.7. The van der Waals surface area contributed by atoms with Crippen molar-refractivity contribution in [1.82, 2.24) is 0 Å². The van der Waals surface area contributed by atoms with Gasteiger partial charge in [0.05, 0.1) is 27.7 Å². The minimum Gasteiger partial charge on any atom is -0.756 e. The molecule has 0 saturated carbocycles. The summed E-state index contributed by atoms with van der Waals surface area (Å²) in [4.78, 5) is 37.6. The van der Waals surface area contributed by atoms with Crippen molar-refractivity contribution in [2.45, 2.75) is 270 Å². The van der Waals surface area contributed by atoms with Crippen LogP contribution in [0.3, 0.4) is 0 Å². The lowest BCUT2D eigenvalue weighted by Crippen LogP contribution is -2.37. The Morgan fingerprint density at radius 3 is 1.17 bits per heavy atom. The number of likely N-dealkylation sites (N-methyl/N-ethyl adjacent to an activating group) is 1. The first-order chi connectivity index (χ1) is 30.5. The van der Waals surface area contributed by atoms with Crippen LogP contribution >= 0.6 is 7.82 Å². The van der Waals surface area contributed by atoms with Crippen molar-refractivity contribution in [3.63, 3.8) is 0 Å². The van der Waals surface area contributed by atoms with Gasteiger partial charge in [-0.1, -0.05) is 225 Å². The van der Waals surface area contributed by atoms with E-state index in [4.69, 9.17) is 18.5 Å². The second-order valence-corrected chi connectivity index (χ2v) is 21.0. The largest absolute Gasteiger partial charge is 0.756 e. The number of hydrogen-bond donors (Lipinski definition) is 0. The van der Waals surface area contributed by atoms with Crippen molar-refractivity contribution < 1.29 is 42.1 Å². The Labute approximate surface area is 390 Å². The predicted molar refractivity (Wildman–Crippen MR) is 264 cm³/mol. The fourth-order valence-corrected chi connectivity index (χ4v) is 8.56. The molecular formula is C53H104NO8P. The van der Waals surface area contributed by atoms with E-state index in [2.05, 4.69) is 26.0 Å². The molecule has 9 nitrogen and oxygen atoms in total. The van der Waals surface area contributed by atoms with Crippen LogP contribution in [0, 0.1) is 0 Å². The molecule has 63 heavy (non-hydrogen) atoms. The zero-order valence-corrected chi connectivity index (χ0v) is 43.2. The van der Waals surface area contributed by atoms with Gasteiger partial charge < -0.3 is 27.9 Å². The lowest BCUT2D eigenvalue weighted by molar-refractivity contribution is -0.870. The molecule has 374 valence electrons. The first kappa shape index (κ1) is 61.8. The lowest BCUT2D eigenvalue weighted by Gasteiger charge is -2.28. The molecule has 2 atom stereocenters. The summed E-state index contributed by atoms with van der Waals surface area (Å²) in [5.41, 5.74) is 0. The van der Waals surface area contributed by atoms with Gasteiger partial charge in [0.1, 0.15) is 19.8 Å². The van der Waals surface area contributed by atoms with Crippen LogP contribution in [0.5, 0.6) is 0 Å². The Morgan fingerprint density at radius 1 is 0.476 bits per heavy atom. The minimum atomic E-state index is -4.62. The molecule has 0 aliphatic carbocycles. The summed E-state index contributed by atoms with van der Waals surface area (Å²) in [6, 6.07) is 0. The van der Waals surface area contributed by atoms with E-state index in [1.165, 1.54) is 199 Å². The van der Waals surface area contributed by atoms with Crippen LogP contribution in [0.25, 0.3) is 0 Å². The number of ether oxygens (including phenoxy) is 2. The highest BCUT2D eigenvalue weighted by molar-refractivity contribution is 7.45. The maximum absolute atomic E-state index is 12.7. The van der Waals surface area contributed by atoms with Crippen molar-refractivity contribution in [2.75, 3.05) is 47.5 Å². The van der Waals surface area contributed by atoms with E-state index < -0.39 is 26.5 Å². The van der Waals surface area contributed by atoms with Gasteiger partial charge in [-0.3, -0.25) is 14.2 Å². The molecule has 0 aromatic carbocycles. The molecule has 0 heterocycles. The molecule has 0 aromatic heterocycles. The molecule has 0 radical (unpaired) electrons. The monoisotopic (exact) mass is 914 g/mol. The Morgan fingerprint density at radius 2 is 0.810 bits per heavy atom. The standard InChI is InChI=1S/C53H104NO8P/c1-6-8-10-12-14-16-18-19-20-21-22-23-24-25-26-27-28-29-30-31-32-33-34-35-36-38-40-42-44-46-53(56)62-51(50-61-63(57,58)60-48-47-54(3,4)5)49-59-52(55)45-43-41-39-37-17-15-13-11-9-7-2/h21-22,51H,6-20,23-50H2,1-5H3/b22-21-. The summed E-state index contributed by atoms with van der Waals surface area (Å²) in [7, 11) is 1.18.